The average molecular weight is 243 g/mol. The number of allylic oxidation sites excluding steroid dienone is 1. The number of rotatable bonds is 4. The first-order valence-electron chi connectivity index (χ1n) is 6.41. The second kappa shape index (κ2) is 4.94. The molecular weight excluding hydrogens is 226 g/mol. The van der Waals surface area contributed by atoms with Crippen molar-refractivity contribution in [2.24, 2.45) is 4.99 Å². The van der Waals surface area contributed by atoms with Gasteiger partial charge in [-0.25, -0.2) is 4.99 Å². The van der Waals surface area contributed by atoms with E-state index in [0.717, 1.165) is 24.3 Å². The molecule has 2 heterocycles. The number of benzene rings is 1. The van der Waals surface area contributed by atoms with E-state index in [4.69, 9.17) is 9.47 Å². The molecule has 0 radical (unpaired) electrons. The van der Waals surface area contributed by atoms with Crippen LogP contribution < -0.4 is 0 Å². The van der Waals surface area contributed by atoms with Crippen LogP contribution in [0.4, 0.5) is 0 Å². The summed E-state index contributed by atoms with van der Waals surface area (Å²) in [6.07, 6.45) is 4.07. The third kappa shape index (κ3) is 2.06. The lowest BCUT2D eigenvalue weighted by Gasteiger charge is -2.16. The predicted octanol–water partition coefficient (Wildman–Crippen LogP) is 2.57. The number of nitrogens with zero attached hydrogens (tertiary/aromatic N) is 1. The van der Waals surface area contributed by atoms with Crippen molar-refractivity contribution in [1.82, 2.24) is 0 Å². The number of aliphatic imine (C=N–C) groups is 1. The van der Waals surface area contributed by atoms with E-state index in [1.807, 2.05) is 36.4 Å². The summed E-state index contributed by atoms with van der Waals surface area (Å²) in [5.74, 6) is 0.762. The molecule has 3 rings (SSSR count). The van der Waals surface area contributed by atoms with Crippen LogP contribution in [-0.4, -0.2) is 30.8 Å². The van der Waals surface area contributed by atoms with E-state index in [9.17, 15) is 0 Å². The maximum Gasteiger partial charge on any atom is 0.217 e. The quantitative estimate of drug-likeness (QED) is 0.761. The van der Waals surface area contributed by atoms with Crippen molar-refractivity contribution in [2.75, 3.05) is 6.61 Å². The topological polar surface area (TPSA) is 30.8 Å². The van der Waals surface area contributed by atoms with Gasteiger partial charge in [0.15, 0.2) is 6.10 Å². The smallest absolute Gasteiger partial charge is 0.217 e. The summed E-state index contributed by atoms with van der Waals surface area (Å²) in [5.41, 5.74) is 1.05. The molecule has 0 N–H and O–H groups in total. The van der Waals surface area contributed by atoms with E-state index < -0.39 is 0 Å². The molecule has 94 valence electrons. The number of fused-ring (bicyclic) bond motifs is 1. The largest absolute Gasteiger partial charge is 0.469 e. The highest BCUT2D eigenvalue weighted by Crippen LogP contribution is 2.30. The standard InChI is InChI=1S/C15H17NO2/c1-2-3-9-13-14-12(10-17-13)16-15(18-14)11-7-5-4-6-8-11/h2,4-8,12-14H,1,3,9-10H2/t12-,13-,14-/m0/s1. The number of hydrogen-bond acceptors (Lipinski definition) is 3. The molecule has 3 nitrogen and oxygen atoms in total. The van der Waals surface area contributed by atoms with Gasteiger partial charge in [-0.05, 0) is 25.0 Å². The summed E-state index contributed by atoms with van der Waals surface area (Å²) in [6.45, 7) is 4.41. The van der Waals surface area contributed by atoms with Crippen molar-refractivity contribution in [1.29, 1.82) is 0 Å². The van der Waals surface area contributed by atoms with Gasteiger partial charge in [0.2, 0.25) is 5.90 Å². The Morgan fingerprint density at radius 1 is 1.33 bits per heavy atom. The molecule has 18 heavy (non-hydrogen) atoms. The van der Waals surface area contributed by atoms with E-state index >= 15 is 0 Å². The zero-order valence-corrected chi connectivity index (χ0v) is 10.3. The first-order valence-corrected chi connectivity index (χ1v) is 6.41. The third-order valence-electron chi connectivity index (χ3n) is 3.43. The molecular formula is C15H17NO2. The first-order chi connectivity index (χ1) is 8.88. The molecule has 0 amide bonds. The SMILES string of the molecule is C=CCC[C@@H]1OC[C@@H]2N=C(c3ccccc3)O[C@@H]21. The lowest BCUT2D eigenvalue weighted by Crippen LogP contribution is -2.28. The van der Waals surface area contributed by atoms with Crippen LogP contribution in [0.2, 0.25) is 0 Å². The molecule has 2 aliphatic rings. The molecule has 1 aromatic rings. The Bertz CT molecular complexity index is 455. The second-order valence-electron chi connectivity index (χ2n) is 4.69. The minimum atomic E-state index is 0.0835. The van der Waals surface area contributed by atoms with Gasteiger partial charge in [-0.1, -0.05) is 24.3 Å². The maximum absolute atomic E-state index is 5.97. The molecule has 3 atom stereocenters. The van der Waals surface area contributed by atoms with Crippen LogP contribution >= 0.6 is 0 Å². The Labute approximate surface area is 107 Å². The molecule has 0 saturated carbocycles. The molecule has 0 aromatic heterocycles. The molecule has 1 fully saturated rings. The number of ether oxygens (including phenoxy) is 2. The van der Waals surface area contributed by atoms with E-state index in [1.165, 1.54) is 0 Å². The van der Waals surface area contributed by atoms with Gasteiger partial charge in [0.05, 0.1) is 12.7 Å². The Morgan fingerprint density at radius 3 is 2.94 bits per heavy atom. The molecule has 1 aromatic carbocycles. The Kier molecular flexibility index (Phi) is 3.15. The third-order valence-corrected chi connectivity index (χ3v) is 3.43. The Morgan fingerprint density at radius 2 is 2.17 bits per heavy atom. The Hall–Kier alpha value is -1.61. The van der Waals surface area contributed by atoms with E-state index in [1.54, 1.807) is 0 Å². The normalized spacial score (nSPS) is 29.6. The van der Waals surface area contributed by atoms with Crippen molar-refractivity contribution in [2.45, 2.75) is 31.1 Å². The van der Waals surface area contributed by atoms with E-state index in [-0.39, 0.29) is 18.2 Å². The van der Waals surface area contributed by atoms with E-state index in [2.05, 4.69) is 11.6 Å². The fourth-order valence-corrected chi connectivity index (χ4v) is 2.49. The van der Waals surface area contributed by atoms with Gasteiger partial charge in [0, 0.05) is 5.56 Å². The fourth-order valence-electron chi connectivity index (χ4n) is 2.49. The van der Waals surface area contributed by atoms with Crippen molar-refractivity contribution < 1.29 is 9.47 Å². The summed E-state index contributed by atoms with van der Waals surface area (Å²) < 4.78 is 11.7. The van der Waals surface area contributed by atoms with Crippen LogP contribution in [0.1, 0.15) is 18.4 Å². The summed E-state index contributed by atoms with van der Waals surface area (Å²) in [4.78, 5) is 4.62. The summed E-state index contributed by atoms with van der Waals surface area (Å²) in [5, 5.41) is 0. The van der Waals surface area contributed by atoms with E-state index in [0.29, 0.717) is 6.61 Å². The lowest BCUT2D eigenvalue weighted by atomic mass is 10.1. The number of hydrogen-bond donors (Lipinski definition) is 0. The zero-order chi connectivity index (χ0) is 12.4. The average Bonchev–Trinajstić information content (AvgIpc) is 2.98. The molecule has 0 spiro atoms. The monoisotopic (exact) mass is 243 g/mol. The summed E-state index contributed by atoms with van der Waals surface area (Å²) in [7, 11) is 0. The minimum Gasteiger partial charge on any atom is -0.469 e. The van der Waals surface area contributed by atoms with Crippen LogP contribution in [0.3, 0.4) is 0 Å². The van der Waals surface area contributed by atoms with Crippen LogP contribution in [0, 0.1) is 0 Å². The van der Waals surface area contributed by atoms with Gasteiger partial charge in [-0.15, -0.1) is 6.58 Å². The molecule has 1 saturated heterocycles. The summed E-state index contributed by atoms with van der Waals surface area (Å²) in [6, 6.07) is 10.2. The van der Waals surface area contributed by atoms with Crippen LogP contribution in [0.5, 0.6) is 0 Å². The van der Waals surface area contributed by atoms with Gasteiger partial charge in [0.25, 0.3) is 0 Å². The van der Waals surface area contributed by atoms with Gasteiger partial charge in [0.1, 0.15) is 6.04 Å². The van der Waals surface area contributed by atoms with Crippen LogP contribution in [0.25, 0.3) is 0 Å². The maximum atomic E-state index is 5.97. The highest BCUT2D eigenvalue weighted by atomic mass is 16.6. The molecule has 0 bridgehead atoms. The minimum absolute atomic E-state index is 0.0835. The highest BCUT2D eigenvalue weighted by molar-refractivity contribution is 5.95. The lowest BCUT2D eigenvalue weighted by molar-refractivity contribution is 0.0461. The van der Waals surface area contributed by atoms with Gasteiger partial charge >= 0.3 is 0 Å². The van der Waals surface area contributed by atoms with Crippen molar-refractivity contribution >= 4 is 5.90 Å². The van der Waals surface area contributed by atoms with Crippen molar-refractivity contribution in [3.63, 3.8) is 0 Å². The first kappa shape index (κ1) is 11.5. The van der Waals surface area contributed by atoms with Crippen LogP contribution in [-0.2, 0) is 9.47 Å². The fraction of sp³-hybridized carbons (Fsp3) is 0.400. The van der Waals surface area contributed by atoms with Gasteiger partial charge < -0.3 is 9.47 Å². The Balaban J connectivity index is 1.71. The summed E-state index contributed by atoms with van der Waals surface area (Å²) >= 11 is 0. The second-order valence-corrected chi connectivity index (χ2v) is 4.69. The molecule has 0 unspecified atom stereocenters. The zero-order valence-electron chi connectivity index (χ0n) is 10.3. The van der Waals surface area contributed by atoms with Crippen molar-refractivity contribution in [3.8, 4) is 0 Å². The molecule has 0 aliphatic carbocycles. The highest BCUT2D eigenvalue weighted by Gasteiger charge is 2.43. The predicted molar refractivity (Wildman–Crippen MR) is 70.8 cm³/mol. The van der Waals surface area contributed by atoms with Gasteiger partial charge in [-0.3, -0.25) is 0 Å². The molecule has 2 aliphatic heterocycles. The van der Waals surface area contributed by atoms with Crippen molar-refractivity contribution in [3.05, 3.63) is 48.6 Å². The van der Waals surface area contributed by atoms with Gasteiger partial charge in [-0.2, -0.15) is 0 Å². The molecule has 3 heteroatoms. The van der Waals surface area contributed by atoms with Crippen LogP contribution in [0.15, 0.2) is 48.0 Å².